The Morgan fingerprint density at radius 3 is 1.80 bits per heavy atom. The van der Waals surface area contributed by atoms with Crippen molar-refractivity contribution in [1.29, 1.82) is 0 Å². The van der Waals surface area contributed by atoms with Crippen LogP contribution >= 0.6 is 0 Å². The minimum Gasteiger partial charge on any atom is -0.507 e. The summed E-state index contributed by atoms with van der Waals surface area (Å²) in [5.41, 5.74) is 5.68. The molecule has 0 heterocycles. The quantitative estimate of drug-likeness (QED) is 0.0569. The van der Waals surface area contributed by atoms with Gasteiger partial charge in [0.15, 0.2) is 5.75 Å². The van der Waals surface area contributed by atoms with Crippen LogP contribution in [0.25, 0.3) is 32.3 Å². The van der Waals surface area contributed by atoms with Gasteiger partial charge in [-0.1, -0.05) is 6.07 Å². The highest BCUT2D eigenvalue weighted by Crippen LogP contribution is 2.43. The Bertz CT molecular complexity index is 2790. The maximum Gasteiger partial charge on any atom is 0.296 e. The third kappa shape index (κ3) is 6.61. The summed E-state index contributed by atoms with van der Waals surface area (Å²) in [6.07, 6.45) is 0. The minimum absolute atomic E-state index is 0.0212. The van der Waals surface area contributed by atoms with Gasteiger partial charge in [0.05, 0.1) is 26.9 Å². The molecule has 49 heavy (non-hydrogen) atoms. The predicted octanol–water partition coefficient (Wildman–Crippen LogP) is 6.71. The molecule has 0 spiro atoms. The second kappa shape index (κ2) is 11.8. The number of nitrogens with two attached hydrogens (primary N) is 1. The van der Waals surface area contributed by atoms with Crippen molar-refractivity contribution in [1.82, 2.24) is 0 Å². The molecule has 6 aromatic rings. The van der Waals surface area contributed by atoms with Crippen molar-refractivity contribution in [2.24, 2.45) is 20.5 Å². The molecule has 19 heteroatoms. The summed E-state index contributed by atoms with van der Waals surface area (Å²) in [5, 5.41) is 38.5. The van der Waals surface area contributed by atoms with Gasteiger partial charge in [-0.05, 0) is 83.6 Å². The maximum atomic E-state index is 12.2. The fraction of sp³-hybridized carbons (Fsp3) is 0. The molecule has 0 unspecified atom stereocenters. The van der Waals surface area contributed by atoms with E-state index in [0.29, 0.717) is 0 Å². The Morgan fingerprint density at radius 1 is 0.510 bits per heavy atom. The van der Waals surface area contributed by atoms with Gasteiger partial charge in [-0.2, -0.15) is 30.4 Å². The average molecular weight is 724 g/mol. The van der Waals surface area contributed by atoms with E-state index in [0.717, 1.165) is 30.3 Å². The molecule has 0 fully saturated rings. The van der Waals surface area contributed by atoms with Crippen molar-refractivity contribution in [2.75, 3.05) is 5.73 Å². The molecule has 0 radical (unpaired) electrons. The summed E-state index contributed by atoms with van der Waals surface area (Å²) in [4.78, 5) is -1.82. The number of nitrogens with zero attached hydrogens (tertiary/aromatic N) is 4. The van der Waals surface area contributed by atoms with Crippen molar-refractivity contribution in [2.45, 2.75) is 14.7 Å². The van der Waals surface area contributed by atoms with Crippen LogP contribution in [0.2, 0.25) is 0 Å². The molecule has 16 nitrogen and oxygen atoms in total. The lowest BCUT2D eigenvalue weighted by atomic mass is 10.1. The second-order valence-corrected chi connectivity index (χ2v) is 14.8. The summed E-state index contributed by atoms with van der Waals surface area (Å²) in [5.74, 6) is -1.03. The number of azo groups is 2. The lowest BCUT2D eigenvalue weighted by Gasteiger charge is -2.10. The molecule has 0 bridgehead atoms. The molecule has 6 aromatic carbocycles. The molecule has 0 aliphatic carbocycles. The number of hydrogen-bond donors (Lipinski definition) is 6. The first kappa shape index (κ1) is 33.3. The number of nitrogen functional groups attached to an aromatic ring is 1. The lowest BCUT2D eigenvalue weighted by Crippen LogP contribution is -1.99. The smallest absolute Gasteiger partial charge is 0.296 e. The molecule has 0 aromatic heterocycles. The number of phenols is 2. The standard InChI is InChI=1S/C30H21N5O11S3/c31-17-1-4-22-15(9-17)12-28(49(44,45)46)29(30(22)37)35-34-25-7-8-26(24-13-19(47(38,39)40)3-6-23(24)25)33-32-18-2-5-21-16(10-18)11-20(14-27(21)36)48(41,42)43/h1-14,36-37H,31H2,(H,38,39,40)(H,41,42,43)(H,44,45,46). The number of rotatable bonds is 7. The Kier molecular flexibility index (Phi) is 8.05. The third-order valence-corrected chi connectivity index (χ3v) is 9.86. The molecule has 0 saturated heterocycles. The molecule has 7 N–H and O–H groups in total. The fourth-order valence-electron chi connectivity index (χ4n) is 5.03. The first-order valence-electron chi connectivity index (χ1n) is 13.5. The predicted molar refractivity (Wildman–Crippen MR) is 177 cm³/mol. The normalized spacial score (nSPS) is 13.0. The van der Waals surface area contributed by atoms with Crippen molar-refractivity contribution in [3.05, 3.63) is 84.9 Å². The first-order chi connectivity index (χ1) is 22.9. The Hall–Kier alpha value is -5.57. The number of fused-ring (bicyclic) bond motifs is 3. The first-order valence-corrected chi connectivity index (χ1v) is 17.9. The van der Waals surface area contributed by atoms with Gasteiger partial charge < -0.3 is 15.9 Å². The van der Waals surface area contributed by atoms with Crippen molar-refractivity contribution < 1.29 is 49.1 Å². The van der Waals surface area contributed by atoms with E-state index in [2.05, 4.69) is 20.5 Å². The zero-order valence-corrected chi connectivity index (χ0v) is 26.8. The fourth-order valence-corrected chi connectivity index (χ4v) is 6.73. The summed E-state index contributed by atoms with van der Waals surface area (Å²) < 4.78 is 101. The number of aromatic hydroxyl groups is 2. The van der Waals surface area contributed by atoms with Crippen molar-refractivity contribution in [3.8, 4) is 11.5 Å². The van der Waals surface area contributed by atoms with Crippen LogP contribution in [0.3, 0.4) is 0 Å². The Labute approximate surface area is 276 Å². The largest absolute Gasteiger partial charge is 0.507 e. The molecule has 0 aliphatic heterocycles. The zero-order valence-electron chi connectivity index (χ0n) is 24.4. The van der Waals surface area contributed by atoms with Gasteiger partial charge in [-0.25, -0.2) is 0 Å². The SMILES string of the molecule is Nc1ccc2c(O)c(N=Nc3ccc(N=Nc4ccc5c(O)cc(S(=O)(=O)O)cc5c4)c4cc(S(=O)(=O)O)ccc34)c(S(=O)(=O)O)cc2c1. The highest BCUT2D eigenvalue weighted by Gasteiger charge is 2.22. The van der Waals surface area contributed by atoms with E-state index >= 15 is 0 Å². The molecule has 250 valence electrons. The van der Waals surface area contributed by atoms with Gasteiger partial charge in [-0.3, -0.25) is 13.7 Å². The Balaban J connectivity index is 1.48. The number of hydrogen-bond acceptors (Lipinski definition) is 13. The minimum atomic E-state index is -4.93. The van der Waals surface area contributed by atoms with Crippen LogP contribution in [0.4, 0.5) is 28.4 Å². The lowest BCUT2D eigenvalue weighted by molar-refractivity contribution is 0.471. The summed E-state index contributed by atoms with van der Waals surface area (Å²) in [6, 6.07) is 17.7. The number of phenolic OH excluding ortho intramolecular Hbond substituents is 2. The van der Waals surface area contributed by atoms with E-state index in [4.69, 9.17) is 5.73 Å². The van der Waals surface area contributed by atoms with Crippen LogP contribution in [-0.2, 0) is 30.4 Å². The Morgan fingerprint density at radius 2 is 1.12 bits per heavy atom. The molecule has 0 amide bonds. The average Bonchev–Trinajstić information content (AvgIpc) is 3.01. The van der Waals surface area contributed by atoms with E-state index < -0.39 is 62.2 Å². The highest BCUT2D eigenvalue weighted by atomic mass is 32.2. The van der Waals surface area contributed by atoms with E-state index in [1.54, 1.807) is 0 Å². The van der Waals surface area contributed by atoms with E-state index in [-0.39, 0.29) is 55.1 Å². The van der Waals surface area contributed by atoms with Crippen LogP contribution in [0.1, 0.15) is 0 Å². The molecule has 6 rings (SSSR count). The third-order valence-electron chi connectivity index (χ3n) is 7.31. The van der Waals surface area contributed by atoms with Gasteiger partial charge in [0.25, 0.3) is 30.4 Å². The van der Waals surface area contributed by atoms with E-state index in [9.17, 15) is 49.1 Å². The van der Waals surface area contributed by atoms with Crippen LogP contribution in [0.15, 0.2) is 120 Å². The molecular formula is C30H21N5O11S3. The van der Waals surface area contributed by atoms with Crippen LogP contribution < -0.4 is 5.73 Å². The molecule has 0 atom stereocenters. The van der Waals surface area contributed by atoms with E-state index in [1.165, 1.54) is 54.6 Å². The van der Waals surface area contributed by atoms with Gasteiger partial charge in [0.2, 0.25) is 0 Å². The highest BCUT2D eigenvalue weighted by molar-refractivity contribution is 7.86. The van der Waals surface area contributed by atoms with Gasteiger partial charge >= 0.3 is 0 Å². The van der Waals surface area contributed by atoms with E-state index in [1.807, 2.05) is 0 Å². The van der Waals surface area contributed by atoms with Crippen LogP contribution in [0.5, 0.6) is 11.5 Å². The second-order valence-electron chi connectivity index (χ2n) is 10.5. The summed E-state index contributed by atoms with van der Waals surface area (Å²) >= 11 is 0. The van der Waals surface area contributed by atoms with Crippen LogP contribution in [0, 0.1) is 0 Å². The molecule has 0 saturated carbocycles. The number of anilines is 1. The summed E-state index contributed by atoms with van der Waals surface area (Å²) in [6.45, 7) is 0. The molecule has 0 aliphatic rings. The van der Waals surface area contributed by atoms with Crippen molar-refractivity contribution >= 4 is 91.1 Å². The van der Waals surface area contributed by atoms with Crippen LogP contribution in [-0.4, -0.2) is 49.1 Å². The topological polar surface area (TPSA) is 279 Å². The van der Waals surface area contributed by atoms with Gasteiger partial charge in [0.1, 0.15) is 16.3 Å². The monoisotopic (exact) mass is 723 g/mol. The van der Waals surface area contributed by atoms with Gasteiger partial charge in [0, 0.05) is 33.3 Å². The zero-order chi connectivity index (χ0) is 35.5. The number of benzene rings is 6. The van der Waals surface area contributed by atoms with Crippen molar-refractivity contribution in [3.63, 3.8) is 0 Å². The van der Waals surface area contributed by atoms with Gasteiger partial charge in [-0.15, -0.1) is 15.3 Å². The maximum absolute atomic E-state index is 12.2. The summed E-state index contributed by atoms with van der Waals surface area (Å²) in [7, 11) is -14.3. The molecular weight excluding hydrogens is 703 g/mol.